The van der Waals surface area contributed by atoms with Gasteiger partial charge >= 0.3 is 5.92 Å². The van der Waals surface area contributed by atoms with Crippen LogP contribution in [0.15, 0.2) is 34.0 Å². The Morgan fingerprint density at radius 1 is 1.24 bits per heavy atom. The summed E-state index contributed by atoms with van der Waals surface area (Å²) in [4.78, 5) is 29.2. The quantitative estimate of drug-likeness (QED) is 0.705. The minimum absolute atomic E-state index is 0.151. The monoisotopic (exact) mass is 478 g/mol. The number of rotatable bonds is 5. The SMILES string of the molecule is CC1(C)CC(C)(C)CC(O)(C(F)(F)C(=O)N2CCCC2c2cc(Cn3ccc(=O)nc3)on2)C1. The average Bonchev–Trinajstić information content (AvgIpc) is 3.35. The maximum atomic E-state index is 15.7. The lowest BCUT2D eigenvalue weighted by atomic mass is 9.58. The number of carbonyl (C=O) groups is 1. The number of hydrogen-bond donors (Lipinski definition) is 1. The van der Waals surface area contributed by atoms with Crippen LogP contribution in [0.3, 0.4) is 0 Å². The van der Waals surface area contributed by atoms with Crippen LogP contribution < -0.4 is 5.56 Å². The summed E-state index contributed by atoms with van der Waals surface area (Å²) in [6.45, 7) is 7.83. The highest BCUT2D eigenvalue weighted by Crippen LogP contribution is 2.55. The molecule has 34 heavy (non-hydrogen) atoms. The second-order valence-electron chi connectivity index (χ2n) is 11.4. The summed E-state index contributed by atoms with van der Waals surface area (Å²) in [5.41, 5.74) is -3.44. The van der Waals surface area contributed by atoms with Gasteiger partial charge in [-0.2, -0.15) is 13.8 Å². The summed E-state index contributed by atoms with van der Waals surface area (Å²) in [6, 6.07) is 2.29. The van der Waals surface area contributed by atoms with Gasteiger partial charge in [-0.15, -0.1) is 0 Å². The van der Waals surface area contributed by atoms with Gasteiger partial charge in [0, 0.05) is 24.9 Å². The summed E-state index contributed by atoms with van der Waals surface area (Å²) in [7, 11) is 0. The second-order valence-corrected chi connectivity index (χ2v) is 11.4. The van der Waals surface area contributed by atoms with Crippen molar-refractivity contribution < 1.29 is 23.2 Å². The number of halogens is 2. The van der Waals surface area contributed by atoms with Gasteiger partial charge in [-0.1, -0.05) is 32.9 Å². The van der Waals surface area contributed by atoms with Crippen LogP contribution in [0, 0.1) is 10.8 Å². The van der Waals surface area contributed by atoms with Gasteiger partial charge in [-0.05, 0) is 42.9 Å². The van der Waals surface area contributed by atoms with E-state index >= 15 is 8.78 Å². The molecule has 0 spiro atoms. The average molecular weight is 479 g/mol. The third-order valence-corrected chi connectivity index (χ3v) is 6.86. The van der Waals surface area contributed by atoms with Gasteiger partial charge in [-0.25, -0.2) is 0 Å². The molecule has 2 fully saturated rings. The molecule has 1 amide bonds. The van der Waals surface area contributed by atoms with Gasteiger partial charge in [0.05, 0.1) is 18.9 Å². The molecular formula is C24H32F2N4O4. The molecule has 3 heterocycles. The molecule has 0 radical (unpaired) electrons. The molecule has 0 bridgehead atoms. The minimum Gasteiger partial charge on any atom is -0.383 e. The van der Waals surface area contributed by atoms with Crippen molar-refractivity contribution in [3.63, 3.8) is 0 Å². The highest BCUT2D eigenvalue weighted by molar-refractivity contribution is 5.85. The Balaban J connectivity index is 1.55. The van der Waals surface area contributed by atoms with Gasteiger partial charge in [0.1, 0.15) is 11.3 Å². The van der Waals surface area contributed by atoms with Crippen LogP contribution >= 0.6 is 0 Å². The molecule has 2 aromatic rings. The molecular weight excluding hydrogens is 446 g/mol. The smallest absolute Gasteiger partial charge is 0.352 e. The molecule has 10 heteroatoms. The van der Waals surface area contributed by atoms with Crippen LogP contribution in [0.1, 0.15) is 77.3 Å². The largest absolute Gasteiger partial charge is 0.383 e. The number of carbonyl (C=O) groups excluding carboxylic acids is 1. The van der Waals surface area contributed by atoms with Crippen LogP contribution in [0.2, 0.25) is 0 Å². The summed E-state index contributed by atoms with van der Waals surface area (Å²) in [5, 5.41) is 15.2. The van der Waals surface area contributed by atoms with Crippen molar-refractivity contribution in [2.75, 3.05) is 6.54 Å². The number of aliphatic hydroxyl groups is 1. The van der Waals surface area contributed by atoms with Gasteiger partial charge in [0.2, 0.25) is 0 Å². The lowest BCUT2D eigenvalue weighted by Crippen LogP contribution is -2.62. The molecule has 1 aliphatic carbocycles. The van der Waals surface area contributed by atoms with Gasteiger partial charge in [0.25, 0.3) is 11.5 Å². The standard InChI is InChI=1S/C24H32F2N4O4/c1-21(2)12-22(3,4)14-23(33,13-21)24(25,26)20(32)30-8-5-6-18(30)17-10-16(34-28-17)11-29-9-7-19(31)27-15-29/h7,9-10,15,18,33H,5-6,8,11-14H2,1-4H3. The minimum atomic E-state index is -3.93. The third kappa shape index (κ3) is 4.64. The zero-order valence-electron chi connectivity index (χ0n) is 20.1. The van der Waals surface area contributed by atoms with Crippen molar-refractivity contribution >= 4 is 5.91 Å². The maximum absolute atomic E-state index is 15.7. The first-order valence-electron chi connectivity index (χ1n) is 11.6. The number of hydrogen-bond acceptors (Lipinski definition) is 6. The fourth-order valence-corrected chi connectivity index (χ4v) is 6.19. The number of amides is 1. The lowest BCUT2D eigenvalue weighted by Gasteiger charge is -2.51. The molecule has 186 valence electrons. The molecule has 4 rings (SSSR count). The van der Waals surface area contributed by atoms with Crippen molar-refractivity contribution in [3.05, 3.63) is 46.5 Å². The van der Waals surface area contributed by atoms with Crippen molar-refractivity contribution in [1.29, 1.82) is 0 Å². The molecule has 2 aromatic heterocycles. The summed E-state index contributed by atoms with van der Waals surface area (Å²) < 4.78 is 38.4. The molecule has 1 saturated heterocycles. The Morgan fingerprint density at radius 2 is 1.91 bits per heavy atom. The Kier molecular flexibility index (Phi) is 5.95. The van der Waals surface area contributed by atoms with E-state index in [9.17, 15) is 14.7 Å². The molecule has 1 aliphatic heterocycles. The first-order chi connectivity index (χ1) is 15.7. The van der Waals surface area contributed by atoms with E-state index in [1.54, 1.807) is 16.8 Å². The molecule has 1 unspecified atom stereocenters. The van der Waals surface area contributed by atoms with E-state index in [1.165, 1.54) is 12.4 Å². The number of alkyl halides is 2. The molecule has 1 N–H and O–H groups in total. The van der Waals surface area contributed by atoms with Crippen LogP contribution in [0.25, 0.3) is 0 Å². The topological polar surface area (TPSA) is 101 Å². The highest BCUT2D eigenvalue weighted by Gasteiger charge is 2.65. The molecule has 0 aromatic carbocycles. The van der Waals surface area contributed by atoms with Crippen molar-refractivity contribution in [3.8, 4) is 0 Å². The second kappa shape index (κ2) is 8.25. The van der Waals surface area contributed by atoms with Crippen molar-refractivity contribution in [1.82, 2.24) is 19.6 Å². The maximum Gasteiger partial charge on any atom is 0.352 e. The molecule has 1 saturated carbocycles. The van der Waals surface area contributed by atoms with Crippen LogP contribution in [-0.4, -0.2) is 48.7 Å². The third-order valence-electron chi connectivity index (χ3n) is 6.86. The highest BCUT2D eigenvalue weighted by atomic mass is 19.3. The van der Waals surface area contributed by atoms with Gasteiger partial charge < -0.3 is 19.1 Å². The summed E-state index contributed by atoms with van der Waals surface area (Å²) in [5.74, 6) is -4.85. The first kappa shape index (κ1) is 24.5. The summed E-state index contributed by atoms with van der Waals surface area (Å²) in [6.07, 6.45) is 4.33. The van der Waals surface area contributed by atoms with E-state index in [-0.39, 0.29) is 31.5 Å². The summed E-state index contributed by atoms with van der Waals surface area (Å²) >= 11 is 0. The fourth-order valence-electron chi connectivity index (χ4n) is 6.19. The van der Waals surface area contributed by atoms with Gasteiger partial charge in [-0.3, -0.25) is 9.59 Å². The van der Waals surface area contributed by atoms with E-state index in [0.29, 0.717) is 30.7 Å². The van der Waals surface area contributed by atoms with E-state index in [1.807, 2.05) is 27.7 Å². The van der Waals surface area contributed by atoms with Crippen molar-refractivity contribution in [2.24, 2.45) is 10.8 Å². The Bertz CT molecular complexity index is 1090. The van der Waals surface area contributed by atoms with E-state index in [0.717, 1.165) is 4.90 Å². The Morgan fingerprint density at radius 3 is 2.53 bits per heavy atom. The molecule has 8 nitrogen and oxygen atoms in total. The number of likely N-dealkylation sites (tertiary alicyclic amines) is 1. The Labute approximate surface area is 197 Å². The van der Waals surface area contributed by atoms with E-state index < -0.39 is 34.3 Å². The molecule has 2 aliphatic rings. The fraction of sp³-hybridized carbons (Fsp3) is 0.667. The number of nitrogens with zero attached hydrogens (tertiary/aromatic N) is 4. The van der Waals surface area contributed by atoms with Gasteiger partial charge in [0.15, 0.2) is 5.76 Å². The zero-order chi connectivity index (χ0) is 24.9. The predicted octanol–water partition coefficient (Wildman–Crippen LogP) is 3.55. The molecule has 1 atom stereocenters. The first-order valence-corrected chi connectivity index (χ1v) is 11.6. The van der Waals surface area contributed by atoms with E-state index in [2.05, 4.69) is 10.1 Å². The van der Waals surface area contributed by atoms with E-state index in [4.69, 9.17) is 4.52 Å². The predicted molar refractivity (Wildman–Crippen MR) is 119 cm³/mol. The normalized spacial score (nSPS) is 23.7. The van der Waals surface area contributed by atoms with Crippen LogP contribution in [0.4, 0.5) is 8.78 Å². The lowest BCUT2D eigenvalue weighted by molar-refractivity contribution is -0.231. The Hall–Kier alpha value is -2.62. The van der Waals surface area contributed by atoms with Crippen LogP contribution in [0.5, 0.6) is 0 Å². The number of aromatic nitrogens is 3. The zero-order valence-corrected chi connectivity index (χ0v) is 20.1. The van der Waals surface area contributed by atoms with Crippen molar-refractivity contribution in [2.45, 2.75) is 83.9 Å². The van der Waals surface area contributed by atoms with Crippen LogP contribution in [-0.2, 0) is 11.3 Å².